The Hall–Kier alpha value is -0.830. The number of esters is 1. The highest BCUT2D eigenvalue weighted by molar-refractivity contribution is 9.11. The van der Waals surface area contributed by atoms with Crippen LogP contribution in [0.2, 0.25) is 0 Å². The zero-order chi connectivity index (χ0) is 12.1. The Balaban J connectivity index is 5.13. The Morgan fingerprint density at radius 3 is 2.27 bits per heavy atom. The average Bonchev–Trinajstić information content (AvgIpc) is 2.16. The number of halogens is 1. The number of hydrogen-bond donors (Lipinski definition) is 0. The highest BCUT2D eigenvalue weighted by Crippen LogP contribution is 2.28. The number of allylic oxidation sites excluding steroid dienone is 4. The third kappa shape index (κ3) is 4.04. The summed E-state index contributed by atoms with van der Waals surface area (Å²) < 4.78 is 5.73. The quantitative estimate of drug-likeness (QED) is 0.578. The third-order valence-electron chi connectivity index (χ3n) is 2.13. The van der Waals surface area contributed by atoms with E-state index in [2.05, 4.69) is 22.5 Å². The number of methoxy groups -OCH3 is 1. The molecule has 0 atom stereocenters. The van der Waals surface area contributed by atoms with Crippen LogP contribution in [0.3, 0.4) is 0 Å². The van der Waals surface area contributed by atoms with Gasteiger partial charge in [0.15, 0.2) is 0 Å². The highest BCUT2D eigenvalue weighted by Gasteiger charge is 2.31. The summed E-state index contributed by atoms with van der Waals surface area (Å²) in [5.41, 5.74) is 0.156. The molecule has 15 heavy (non-hydrogen) atoms. The van der Waals surface area contributed by atoms with Crippen molar-refractivity contribution in [2.24, 2.45) is 5.41 Å². The molecule has 0 aromatic heterocycles. The Kier molecular flexibility index (Phi) is 5.58. The van der Waals surface area contributed by atoms with Crippen molar-refractivity contribution >= 4 is 21.9 Å². The van der Waals surface area contributed by atoms with Gasteiger partial charge in [0.05, 0.1) is 12.5 Å². The van der Waals surface area contributed by atoms with Crippen LogP contribution in [0.1, 0.15) is 20.8 Å². The number of ether oxygens (including phenoxy) is 1. The van der Waals surface area contributed by atoms with E-state index in [1.807, 2.05) is 32.9 Å². The van der Waals surface area contributed by atoms with Crippen molar-refractivity contribution in [2.75, 3.05) is 7.11 Å². The van der Waals surface area contributed by atoms with Crippen LogP contribution in [0.5, 0.6) is 0 Å². The standard InChI is InChI=1S/C12H17BrO2/c1-6-10(8-7-9(2)13)12(3,4)11(14)15-5/h6-8H,1H2,2-5H3/b9-7+,10-8+. The van der Waals surface area contributed by atoms with E-state index in [1.165, 1.54) is 7.11 Å². The zero-order valence-electron chi connectivity index (χ0n) is 9.63. The summed E-state index contributed by atoms with van der Waals surface area (Å²) in [5, 5.41) is 0. The van der Waals surface area contributed by atoms with E-state index in [0.29, 0.717) is 0 Å². The summed E-state index contributed by atoms with van der Waals surface area (Å²) in [7, 11) is 1.39. The number of rotatable bonds is 4. The lowest BCUT2D eigenvalue weighted by Crippen LogP contribution is -2.27. The Morgan fingerprint density at radius 2 is 1.93 bits per heavy atom. The molecular formula is C12H17BrO2. The molecule has 0 N–H and O–H groups in total. The molecule has 3 heteroatoms. The SMILES string of the molecule is C=C/C(=C\C=C(/C)Br)C(C)(C)C(=O)OC. The van der Waals surface area contributed by atoms with Crippen molar-refractivity contribution in [3.63, 3.8) is 0 Å². The van der Waals surface area contributed by atoms with Gasteiger partial charge < -0.3 is 4.74 Å². The first-order valence-corrected chi connectivity index (χ1v) is 5.41. The Labute approximate surface area is 99.8 Å². The third-order valence-corrected chi connectivity index (χ3v) is 2.39. The van der Waals surface area contributed by atoms with Crippen molar-refractivity contribution in [2.45, 2.75) is 20.8 Å². The molecule has 0 aromatic carbocycles. The second kappa shape index (κ2) is 5.91. The predicted octanol–water partition coefficient (Wildman–Crippen LogP) is 3.60. The van der Waals surface area contributed by atoms with Crippen molar-refractivity contribution < 1.29 is 9.53 Å². The van der Waals surface area contributed by atoms with Gasteiger partial charge in [-0.1, -0.05) is 40.7 Å². The van der Waals surface area contributed by atoms with Gasteiger partial charge in [-0.15, -0.1) is 0 Å². The summed E-state index contributed by atoms with van der Waals surface area (Å²) >= 11 is 3.32. The van der Waals surface area contributed by atoms with E-state index in [-0.39, 0.29) is 5.97 Å². The fourth-order valence-electron chi connectivity index (χ4n) is 1.11. The first-order chi connectivity index (χ1) is 6.86. The van der Waals surface area contributed by atoms with Crippen LogP contribution in [0.15, 0.2) is 34.9 Å². The zero-order valence-corrected chi connectivity index (χ0v) is 11.2. The maximum absolute atomic E-state index is 11.5. The predicted molar refractivity (Wildman–Crippen MR) is 66.8 cm³/mol. The van der Waals surface area contributed by atoms with E-state index < -0.39 is 5.41 Å². The minimum atomic E-state index is -0.671. The molecule has 0 unspecified atom stereocenters. The number of carbonyl (C=O) groups excluding carboxylic acids is 1. The summed E-state index contributed by atoms with van der Waals surface area (Å²) in [5.74, 6) is -0.269. The molecule has 0 aliphatic heterocycles. The van der Waals surface area contributed by atoms with Crippen LogP contribution in [0.25, 0.3) is 0 Å². The van der Waals surface area contributed by atoms with Gasteiger partial charge in [0, 0.05) is 0 Å². The molecular weight excluding hydrogens is 256 g/mol. The van der Waals surface area contributed by atoms with Crippen molar-refractivity contribution in [3.8, 4) is 0 Å². The molecule has 0 radical (unpaired) electrons. The van der Waals surface area contributed by atoms with Crippen LogP contribution in [0.4, 0.5) is 0 Å². The maximum Gasteiger partial charge on any atom is 0.315 e. The van der Waals surface area contributed by atoms with Gasteiger partial charge in [0.25, 0.3) is 0 Å². The smallest absolute Gasteiger partial charge is 0.315 e. The molecule has 0 spiro atoms. The van der Waals surface area contributed by atoms with E-state index >= 15 is 0 Å². The largest absolute Gasteiger partial charge is 0.468 e. The second-order valence-electron chi connectivity index (χ2n) is 3.70. The van der Waals surface area contributed by atoms with Gasteiger partial charge in [-0.25, -0.2) is 0 Å². The number of hydrogen-bond acceptors (Lipinski definition) is 2. The Morgan fingerprint density at radius 1 is 1.40 bits per heavy atom. The molecule has 0 bridgehead atoms. The average molecular weight is 273 g/mol. The maximum atomic E-state index is 11.5. The van der Waals surface area contributed by atoms with Gasteiger partial charge in [-0.05, 0) is 30.8 Å². The molecule has 0 aliphatic rings. The van der Waals surface area contributed by atoms with E-state index in [4.69, 9.17) is 4.74 Å². The van der Waals surface area contributed by atoms with Crippen LogP contribution >= 0.6 is 15.9 Å². The summed E-state index contributed by atoms with van der Waals surface area (Å²) in [4.78, 5) is 11.5. The molecule has 2 nitrogen and oxygen atoms in total. The minimum absolute atomic E-state index is 0.269. The lowest BCUT2D eigenvalue weighted by atomic mass is 9.84. The molecule has 0 heterocycles. The molecule has 0 saturated heterocycles. The minimum Gasteiger partial charge on any atom is -0.468 e. The molecule has 0 aromatic rings. The summed E-state index contributed by atoms with van der Waals surface area (Å²) in [6.07, 6.45) is 5.40. The molecule has 0 aliphatic carbocycles. The summed E-state index contributed by atoms with van der Waals surface area (Å²) in [6, 6.07) is 0. The molecule has 84 valence electrons. The topological polar surface area (TPSA) is 26.3 Å². The van der Waals surface area contributed by atoms with Crippen LogP contribution < -0.4 is 0 Å². The van der Waals surface area contributed by atoms with Gasteiger partial charge >= 0.3 is 5.97 Å². The van der Waals surface area contributed by atoms with Crippen molar-refractivity contribution in [1.29, 1.82) is 0 Å². The van der Waals surface area contributed by atoms with Crippen LogP contribution in [-0.4, -0.2) is 13.1 Å². The van der Waals surface area contributed by atoms with Crippen LogP contribution in [-0.2, 0) is 9.53 Å². The Bertz CT molecular complexity index is 308. The van der Waals surface area contributed by atoms with E-state index in [1.54, 1.807) is 6.08 Å². The molecule has 0 saturated carbocycles. The van der Waals surface area contributed by atoms with Gasteiger partial charge in [-0.3, -0.25) is 4.79 Å². The lowest BCUT2D eigenvalue weighted by Gasteiger charge is -2.22. The van der Waals surface area contributed by atoms with Gasteiger partial charge in [0.2, 0.25) is 0 Å². The molecule has 0 amide bonds. The van der Waals surface area contributed by atoms with Gasteiger partial charge in [0.1, 0.15) is 0 Å². The van der Waals surface area contributed by atoms with E-state index in [9.17, 15) is 4.79 Å². The fraction of sp³-hybridized carbons (Fsp3) is 0.417. The monoisotopic (exact) mass is 272 g/mol. The fourth-order valence-corrected chi connectivity index (χ4v) is 1.24. The van der Waals surface area contributed by atoms with E-state index in [0.717, 1.165) is 10.1 Å². The lowest BCUT2D eigenvalue weighted by molar-refractivity contribution is -0.148. The van der Waals surface area contributed by atoms with Crippen molar-refractivity contribution in [3.05, 3.63) is 34.9 Å². The number of carbonyl (C=O) groups is 1. The first-order valence-electron chi connectivity index (χ1n) is 4.61. The second-order valence-corrected chi connectivity index (χ2v) is 4.95. The normalized spacial score (nSPS) is 13.7. The van der Waals surface area contributed by atoms with Gasteiger partial charge in [-0.2, -0.15) is 0 Å². The molecule has 0 rings (SSSR count). The van der Waals surface area contributed by atoms with Crippen LogP contribution in [0, 0.1) is 5.41 Å². The summed E-state index contributed by atoms with van der Waals surface area (Å²) in [6.45, 7) is 9.24. The van der Waals surface area contributed by atoms with Crippen molar-refractivity contribution in [1.82, 2.24) is 0 Å². The molecule has 0 fully saturated rings. The highest BCUT2D eigenvalue weighted by atomic mass is 79.9. The first kappa shape index (κ1) is 14.2.